The molecule has 1 aliphatic rings. The van der Waals surface area contributed by atoms with Crippen molar-refractivity contribution in [2.45, 2.75) is 39.5 Å². The summed E-state index contributed by atoms with van der Waals surface area (Å²) in [6.07, 6.45) is 6.44. The molecule has 0 atom stereocenters. The third-order valence-corrected chi connectivity index (χ3v) is 3.64. The van der Waals surface area contributed by atoms with Crippen molar-refractivity contribution >= 4 is 15.9 Å². The van der Waals surface area contributed by atoms with E-state index in [1.54, 1.807) is 11.1 Å². The van der Waals surface area contributed by atoms with E-state index in [-0.39, 0.29) is 0 Å². The molecular weight excluding hydrogens is 250 g/mol. The number of hydrogen-bond donors (Lipinski definition) is 0. The van der Waals surface area contributed by atoms with Gasteiger partial charge in [0.05, 0.1) is 0 Å². The van der Waals surface area contributed by atoms with Crippen LogP contribution in [0.15, 0.2) is 27.9 Å². The van der Waals surface area contributed by atoms with Crippen LogP contribution in [0.5, 0.6) is 0 Å². The van der Waals surface area contributed by atoms with Gasteiger partial charge >= 0.3 is 0 Å². The molecule has 1 aromatic rings. The van der Waals surface area contributed by atoms with Gasteiger partial charge < -0.3 is 0 Å². The summed E-state index contributed by atoms with van der Waals surface area (Å²) in [5.41, 5.74) is 5.81. The Morgan fingerprint density at radius 2 is 2.20 bits per heavy atom. The smallest absolute Gasteiger partial charge is 0.0477 e. The molecule has 15 heavy (non-hydrogen) atoms. The van der Waals surface area contributed by atoms with E-state index < -0.39 is 0 Å². The van der Waals surface area contributed by atoms with Crippen LogP contribution in [0.25, 0.3) is 0 Å². The number of aromatic nitrogens is 1. The molecule has 80 valence electrons. The Hall–Kier alpha value is -0.630. The van der Waals surface area contributed by atoms with Crippen molar-refractivity contribution in [3.8, 4) is 0 Å². The number of aryl methyl sites for hydroxylation is 1. The summed E-state index contributed by atoms with van der Waals surface area (Å²) < 4.78 is 1.10. The van der Waals surface area contributed by atoms with Crippen LogP contribution in [0.1, 0.15) is 37.9 Å². The third kappa shape index (κ3) is 2.31. The van der Waals surface area contributed by atoms with Crippen LogP contribution in [0.2, 0.25) is 0 Å². The topological polar surface area (TPSA) is 12.9 Å². The van der Waals surface area contributed by atoms with Crippen LogP contribution < -0.4 is 0 Å². The van der Waals surface area contributed by atoms with Gasteiger partial charge in [0.1, 0.15) is 0 Å². The first-order valence-electron chi connectivity index (χ1n) is 5.51. The summed E-state index contributed by atoms with van der Waals surface area (Å²) in [6.45, 7) is 4.50. The highest BCUT2D eigenvalue weighted by Crippen LogP contribution is 2.26. The van der Waals surface area contributed by atoms with Gasteiger partial charge in [-0.05, 0) is 53.7 Å². The molecule has 1 aromatic heterocycles. The van der Waals surface area contributed by atoms with Gasteiger partial charge in [0.15, 0.2) is 0 Å². The van der Waals surface area contributed by atoms with Crippen molar-refractivity contribution < 1.29 is 0 Å². The minimum Gasteiger partial charge on any atom is -0.260 e. The third-order valence-electron chi connectivity index (χ3n) is 3.21. The van der Waals surface area contributed by atoms with Crippen molar-refractivity contribution in [3.63, 3.8) is 0 Å². The van der Waals surface area contributed by atoms with E-state index in [4.69, 9.17) is 0 Å². The standard InChI is InChI=1S/C13H16BrN/c1-3-10-7-13-11(5-4-9(10)2)6-12(14)8-15-13/h6,8H,3-5,7H2,1-2H3. The quantitative estimate of drug-likeness (QED) is 0.698. The average Bonchev–Trinajstić information content (AvgIpc) is 2.38. The lowest BCUT2D eigenvalue weighted by atomic mass is 10.0. The van der Waals surface area contributed by atoms with Gasteiger partial charge in [0.25, 0.3) is 0 Å². The number of allylic oxidation sites excluding steroid dienone is 2. The number of rotatable bonds is 1. The largest absolute Gasteiger partial charge is 0.260 e. The molecular formula is C13H16BrN. The fraction of sp³-hybridized carbons (Fsp3) is 0.462. The highest BCUT2D eigenvalue weighted by Gasteiger charge is 2.13. The Kier molecular flexibility index (Phi) is 3.25. The maximum absolute atomic E-state index is 4.53. The van der Waals surface area contributed by atoms with Crippen molar-refractivity contribution in [1.82, 2.24) is 4.98 Å². The molecule has 2 rings (SSSR count). The summed E-state index contributed by atoms with van der Waals surface area (Å²) in [5, 5.41) is 0. The van der Waals surface area contributed by atoms with E-state index in [0.29, 0.717) is 0 Å². The zero-order valence-electron chi connectivity index (χ0n) is 9.31. The molecule has 0 amide bonds. The first-order chi connectivity index (χ1) is 7.20. The summed E-state index contributed by atoms with van der Waals surface area (Å²) in [7, 11) is 0. The Bertz CT molecular complexity index is 407. The molecule has 0 fully saturated rings. The second kappa shape index (κ2) is 4.48. The van der Waals surface area contributed by atoms with Crippen molar-refractivity contribution in [1.29, 1.82) is 0 Å². The van der Waals surface area contributed by atoms with E-state index in [2.05, 4.69) is 40.8 Å². The Morgan fingerprint density at radius 3 is 2.93 bits per heavy atom. The average molecular weight is 266 g/mol. The van der Waals surface area contributed by atoms with Gasteiger partial charge in [0.2, 0.25) is 0 Å². The number of hydrogen-bond acceptors (Lipinski definition) is 1. The molecule has 0 saturated carbocycles. The predicted octanol–water partition coefficient (Wildman–Crippen LogP) is 4.06. The zero-order chi connectivity index (χ0) is 10.8. The maximum atomic E-state index is 4.53. The lowest BCUT2D eigenvalue weighted by Crippen LogP contribution is -1.97. The Balaban J connectivity index is 2.38. The van der Waals surface area contributed by atoms with Gasteiger partial charge in [-0.3, -0.25) is 4.98 Å². The molecule has 2 heteroatoms. The van der Waals surface area contributed by atoms with E-state index >= 15 is 0 Å². The molecule has 0 aliphatic heterocycles. The summed E-state index contributed by atoms with van der Waals surface area (Å²) in [5.74, 6) is 0. The van der Waals surface area contributed by atoms with Crippen LogP contribution in [-0.4, -0.2) is 4.98 Å². The van der Waals surface area contributed by atoms with Gasteiger partial charge in [-0.1, -0.05) is 18.1 Å². The van der Waals surface area contributed by atoms with Crippen molar-refractivity contribution in [2.75, 3.05) is 0 Å². The van der Waals surface area contributed by atoms with Gasteiger partial charge in [0, 0.05) is 22.8 Å². The Labute approximate surface area is 99.7 Å². The van der Waals surface area contributed by atoms with Crippen molar-refractivity contribution in [3.05, 3.63) is 39.1 Å². The van der Waals surface area contributed by atoms with Gasteiger partial charge in [-0.15, -0.1) is 0 Å². The second-order valence-corrected chi connectivity index (χ2v) is 5.09. The first kappa shape index (κ1) is 10.9. The fourth-order valence-electron chi connectivity index (χ4n) is 2.16. The molecule has 0 saturated heterocycles. The van der Waals surface area contributed by atoms with Crippen LogP contribution in [-0.2, 0) is 12.8 Å². The summed E-state index contributed by atoms with van der Waals surface area (Å²) >= 11 is 3.49. The summed E-state index contributed by atoms with van der Waals surface area (Å²) in [4.78, 5) is 4.53. The number of pyridine rings is 1. The normalized spacial score (nSPS) is 16.2. The lowest BCUT2D eigenvalue weighted by molar-refractivity contribution is 0.917. The molecule has 1 nitrogen and oxygen atoms in total. The maximum Gasteiger partial charge on any atom is 0.0477 e. The fourth-order valence-corrected chi connectivity index (χ4v) is 2.54. The highest BCUT2D eigenvalue weighted by atomic mass is 79.9. The lowest BCUT2D eigenvalue weighted by Gasteiger charge is -2.06. The molecule has 0 N–H and O–H groups in total. The van der Waals surface area contributed by atoms with E-state index in [1.807, 2.05) is 6.20 Å². The molecule has 1 heterocycles. The minimum absolute atomic E-state index is 1.05. The van der Waals surface area contributed by atoms with Gasteiger partial charge in [-0.25, -0.2) is 0 Å². The molecule has 1 aliphatic carbocycles. The van der Waals surface area contributed by atoms with Crippen LogP contribution in [0.3, 0.4) is 0 Å². The SMILES string of the molecule is CCC1=C(C)CCc2cc(Br)cnc2C1. The molecule has 0 unspecified atom stereocenters. The molecule has 0 spiro atoms. The second-order valence-electron chi connectivity index (χ2n) is 4.17. The van der Waals surface area contributed by atoms with Crippen LogP contribution in [0, 0.1) is 0 Å². The van der Waals surface area contributed by atoms with E-state index in [9.17, 15) is 0 Å². The highest BCUT2D eigenvalue weighted by molar-refractivity contribution is 9.10. The van der Waals surface area contributed by atoms with Crippen LogP contribution >= 0.6 is 15.9 Å². The zero-order valence-corrected chi connectivity index (χ0v) is 10.9. The van der Waals surface area contributed by atoms with Crippen molar-refractivity contribution in [2.24, 2.45) is 0 Å². The number of fused-ring (bicyclic) bond motifs is 1. The molecule has 0 aromatic carbocycles. The first-order valence-corrected chi connectivity index (χ1v) is 6.30. The Morgan fingerprint density at radius 1 is 1.40 bits per heavy atom. The molecule has 0 radical (unpaired) electrons. The predicted molar refractivity (Wildman–Crippen MR) is 67.0 cm³/mol. The summed E-state index contributed by atoms with van der Waals surface area (Å²) in [6, 6.07) is 2.22. The van der Waals surface area contributed by atoms with E-state index in [1.165, 1.54) is 17.7 Å². The van der Waals surface area contributed by atoms with Gasteiger partial charge in [-0.2, -0.15) is 0 Å². The van der Waals surface area contributed by atoms with E-state index in [0.717, 1.165) is 23.7 Å². The number of halogens is 1. The molecule has 0 bridgehead atoms. The van der Waals surface area contributed by atoms with Crippen LogP contribution in [0.4, 0.5) is 0 Å². The monoisotopic (exact) mass is 265 g/mol. The minimum atomic E-state index is 1.05. The number of nitrogens with zero attached hydrogens (tertiary/aromatic N) is 1.